The van der Waals surface area contributed by atoms with E-state index in [9.17, 15) is 9.18 Å². The summed E-state index contributed by atoms with van der Waals surface area (Å²) in [5.41, 5.74) is 0.375. The Morgan fingerprint density at radius 3 is 2.90 bits per heavy atom. The second-order valence-corrected chi connectivity index (χ2v) is 5.63. The van der Waals surface area contributed by atoms with Crippen molar-refractivity contribution in [2.45, 2.75) is 25.8 Å². The Hall–Kier alpha value is -1.75. The highest BCUT2D eigenvalue weighted by molar-refractivity contribution is 5.77. The molecule has 1 fully saturated rings. The smallest absolute Gasteiger partial charge is 0.261 e. The van der Waals surface area contributed by atoms with Gasteiger partial charge in [-0.2, -0.15) is 0 Å². The van der Waals surface area contributed by atoms with Gasteiger partial charge in [0.25, 0.3) is 5.56 Å². The molecule has 5 heteroatoms. The van der Waals surface area contributed by atoms with Gasteiger partial charge < -0.3 is 4.74 Å². The van der Waals surface area contributed by atoms with Crippen LogP contribution in [0.4, 0.5) is 4.39 Å². The third-order valence-electron chi connectivity index (χ3n) is 4.16. The molecule has 106 valence electrons. The lowest BCUT2D eigenvalue weighted by atomic mass is 9.69. The molecule has 1 aromatic heterocycles. The fourth-order valence-electron chi connectivity index (χ4n) is 2.94. The Kier molecular flexibility index (Phi) is 3.30. The van der Waals surface area contributed by atoms with E-state index in [1.54, 1.807) is 18.0 Å². The van der Waals surface area contributed by atoms with Crippen molar-refractivity contribution in [3.63, 3.8) is 0 Å². The molecule has 0 atom stereocenters. The standard InChI is InChI=1S/C15H17FN2O2/c1-20-9-15(5-2-6-15)8-18-10-17-13-4-3-11(16)7-12(13)14(18)19/h3-4,7,10H,2,5-6,8-9H2,1H3. The minimum absolute atomic E-state index is 0.0290. The number of nitrogens with zero attached hydrogens (tertiary/aromatic N) is 2. The summed E-state index contributed by atoms with van der Waals surface area (Å²) in [5, 5.41) is 0.333. The Bertz CT molecular complexity index is 692. The maximum absolute atomic E-state index is 13.3. The van der Waals surface area contributed by atoms with Crippen molar-refractivity contribution in [2.75, 3.05) is 13.7 Å². The van der Waals surface area contributed by atoms with Crippen LogP contribution >= 0.6 is 0 Å². The number of rotatable bonds is 4. The minimum Gasteiger partial charge on any atom is -0.384 e. The van der Waals surface area contributed by atoms with Gasteiger partial charge in [0.05, 0.1) is 23.8 Å². The molecule has 3 rings (SSSR count). The molecule has 20 heavy (non-hydrogen) atoms. The molecule has 0 bridgehead atoms. The number of ether oxygens (including phenoxy) is 1. The summed E-state index contributed by atoms with van der Waals surface area (Å²) in [7, 11) is 1.68. The Morgan fingerprint density at radius 2 is 2.25 bits per heavy atom. The predicted molar refractivity (Wildman–Crippen MR) is 74.1 cm³/mol. The van der Waals surface area contributed by atoms with E-state index in [0.717, 1.165) is 19.3 Å². The molecular weight excluding hydrogens is 259 g/mol. The highest BCUT2D eigenvalue weighted by Gasteiger charge is 2.37. The molecule has 0 saturated heterocycles. The average molecular weight is 276 g/mol. The van der Waals surface area contributed by atoms with Gasteiger partial charge in [-0.25, -0.2) is 9.37 Å². The normalized spacial score (nSPS) is 17.1. The van der Waals surface area contributed by atoms with Crippen LogP contribution in [-0.4, -0.2) is 23.3 Å². The molecule has 0 aliphatic heterocycles. The molecule has 1 aromatic carbocycles. The van der Waals surface area contributed by atoms with E-state index in [1.165, 1.54) is 18.2 Å². The molecular formula is C15H17FN2O2. The van der Waals surface area contributed by atoms with Crippen molar-refractivity contribution < 1.29 is 9.13 Å². The fourth-order valence-corrected chi connectivity index (χ4v) is 2.94. The van der Waals surface area contributed by atoms with Gasteiger partial charge in [-0.15, -0.1) is 0 Å². The van der Waals surface area contributed by atoms with E-state index in [1.807, 2.05) is 0 Å². The van der Waals surface area contributed by atoms with Gasteiger partial charge in [0.15, 0.2) is 0 Å². The number of methoxy groups -OCH3 is 1. The molecule has 1 saturated carbocycles. The first-order valence-corrected chi connectivity index (χ1v) is 6.77. The van der Waals surface area contributed by atoms with Gasteiger partial charge in [-0.1, -0.05) is 6.42 Å². The third-order valence-corrected chi connectivity index (χ3v) is 4.16. The second kappa shape index (κ2) is 4.98. The zero-order chi connectivity index (χ0) is 14.2. The van der Waals surface area contributed by atoms with Crippen LogP contribution in [-0.2, 0) is 11.3 Å². The van der Waals surface area contributed by atoms with Gasteiger partial charge in [0.2, 0.25) is 0 Å². The largest absolute Gasteiger partial charge is 0.384 e. The maximum atomic E-state index is 13.3. The first-order chi connectivity index (χ1) is 9.63. The molecule has 0 spiro atoms. The van der Waals surface area contributed by atoms with Crippen LogP contribution in [0.5, 0.6) is 0 Å². The van der Waals surface area contributed by atoms with Crippen LogP contribution in [0, 0.1) is 11.2 Å². The summed E-state index contributed by atoms with van der Waals surface area (Å²) >= 11 is 0. The van der Waals surface area contributed by atoms with E-state index in [-0.39, 0.29) is 11.0 Å². The molecule has 0 unspecified atom stereocenters. The van der Waals surface area contributed by atoms with E-state index in [0.29, 0.717) is 24.1 Å². The lowest BCUT2D eigenvalue weighted by Gasteiger charge is -2.41. The zero-order valence-corrected chi connectivity index (χ0v) is 11.4. The quantitative estimate of drug-likeness (QED) is 0.861. The number of hydrogen-bond acceptors (Lipinski definition) is 3. The Morgan fingerprint density at radius 1 is 1.45 bits per heavy atom. The molecule has 0 radical (unpaired) electrons. The van der Waals surface area contributed by atoms with Crippen LogP contribution < -0.4 is 5.56 Å². The highest BCUT2D eigenvalue weighted by atomic mass is 19.1. The summed E-state index contributed by atoms with van der Waals surface area (Å²) in [6.07, 6.45) is 4.81. The van der Waals surface area contributed by atoms with Crippen LogP contribution in [0.3, 0.4) is 0 Å². The minimum atomic E-state index is -0.413. The molecule has 1 aliphatic carbocycles. The zero-order valence-electron chi connectivity index (χ0n) is 11.4. The number of hydrogen-bond donors (Lipinski definition) is 0. The van der Waals surface area contributed by atoms with Gasteiger partial charge in [-0.3, -0.25) is 9.36 Å². The summed E-state index contributed by atoms with van der Waals surface area (Å²) < 4.78 is 20.1. The van der Waals surface area contributed by atoms with Crippen molar-refractivity contribution in [1.82, 2.24) is 9.55 Å². The van der Waals surface area contributed by atoms with Crippen LogP contribution in [0.25, 0.3) is 10.9 Å². The van der Waals surface area contributed by atoms with E-state index in [2.05, 4.69) is 4.98 Å². The molecule has 1 heterocycles. The Labute approximate surface area is 116 Å². The lowest BCUT2D eigenvalue weighted by molar-refractivity contribution is 0.00254. The average Bonchev–Trinajstić information content (AvgIpc) is 2.40. The van der Waals surface area contributed by atoms with E-state index in [4.69, 9.17) is 4.74 Å². The first kappa shape index (κ1) is 13.2. The SMILES string of the molecule is COCC1(Cn2cnc3ccc(F)cc3c2=O)CCC1. The van der Waals surface area contributed by atoms with Crippen LogP contribution in [0.1, 0.15) is 19.3 Å². The van der Waals surface area contributed by atoms with Gasteiger partial charge in [0, 0.05) is 19.1 Å². The van der Waals surface area contributed by atoms with Gasteiger partial charge in [-0.05, 0) is 31.0 Å². The summed E-state index contributed by atoms with van der Waals surface area (Å²) in [4.78, 5) is 16.7. The van der Waals surface area contributed by atoms with Crippen molar-refractivity contribution in [3.8, 4) is 0 Å². The van der Waals surface area contributed by atoms with Crippen molar-refractivity contribution >= 4 is 10.9 Å². The summed E-state index contributed by atoms with van der Waals surface area (Å²) in [6.45, 7) is 1.22. The lowest BCUT2D eigenvalue weighted by Crippen LogP contribution is -2.41. The highest BCUT2D eigenvalue weighted by Crippen LogP contribution is 2.42. The molecule has 4 nitrogen and oxygen atoms in total. The van der Waals surface area contributed by atoms with Crippen LogP contribution in [0.2, 0.25) is 0 Å². The number of fused-ring (bicyclic) bond motifs is 1. The third kappa shape index (κ3) is 2.22. The predicted octanol–water partition coefficient (Wildman–Crippen LogP) is 2.35. The maximum Gasteiger partial charge on any atom is 0.261 e. The molecule has 0 N–H and O–H groups in total. The fraction of sp³-hybridized carbons (Fsp3) is 0.467. The topological polar surface area (TPSA) is 44.1 Å². The van der Waals surface area contributed by atoms with Gasteiger partial charge >= 0.3 is 0 Å². The second-order valence-electron chi connectivity index (χ2n) is 5.63. The number of aromatic nitrogens is 2. The van der Waals surface area contributed by atoms with Crippen LogP contribution in [0.15, 0.2) is 29.3 Å². The Balaban J connectivity index is 2.00. The molecule has 1 aliphatic rings. The number of benzene rings is 1. The first-order valence-electron chi connectivity index (χ1n) is 6.77. The van der Waals surface area contributed by atoms with E-state index < -0.39 is 5.82 Å². The number of halogens is 1. The monoisotopic (exact) mass is 276 g/mol. The van der Waals surface area contributed by atoms with Crippen molar-refractivity contribution in [2.24, 2.45) is 5.41 Å². The summed E-state index contributed by atoms with van der Waals surface area (Å²) in [6, 6.07) is 4.10. The van der Waals surface area contributed by atoms with E-state index >= 15 is 0 Å². The summed E-state index contributed by atoms with van der Waals surface area (Å²) in [5.74, 6) is -0.413. The molecule has 2 aromatic rings. The van der Waals surface area contributed by atoms with Crippen molar-refractivity contribution in [1.29, 1.82) is 0 Å². The van der Waals surface area contributed by atoms with Gasteiger partial charge in [0.1, 0.15) is 5.82 Å². The molecule has 0 amide bonds. The van der Waals surface area contributed by atoms with Crippen molar-refractivity contribution in [3.05, 3.63) is 40.7 Å².